The molecule has 0 aliphatic rings. The van der Waals surface area contributed by atoms with Gasteiger partial charge in [0.05, 0.1) is 17.7 Å². The van der Waals surface area contributed by atoms with Gasteiger partial charge in [-0.25, -0.2) is 13.1 Å². The molecule has 0 saturated carbocycles. The maximum atomic E-state index is 12.6. The molecular formula is C17H16N2O4S. The predicted molar refractivity (Wildman–Crippen MR) is 91.0 cm³/mol. The van der Waals surface area contributed by atoms with E-state index in [0.29, 0.717) is 22.2 Å². The van der Waals surface area contributed by atoms with Gasteiger partial charge < -0.3 is 9.73 Å². The van der Waals surface area contributed by atoms with Crippen LogP contribution in [0.1, 0.15) is 12.7 Å². The van der Waals surface area contributed by atoms with Crippen LogP contribution in [0.3, 0.4) is 0 Å². The van der Waals surface area contributed by atoms with Crippen LogP contribution in [-0.2, 0) is 21.4 Å². The molecule has 0 fully saturated rings. The highest BCUT2D eigenvalue weighted by molar-refractivity contribution is 7.89. The number of fused-ring (bicyclic) bond motifs is 1. The zero-order valence-electron chi connectivity index (χ0n) is 12.9. The number of carbonyl (C=O) groups excluding carboxylic acids is 1. The molecule has 3 aromatic rings. The van der Waals surface area contributed by atoms with E-state index in [1.54, 1.807) is 42.5 Å². The number of rotatable bonds is 5. The fraction of sp³-hybridized carbons (Fsp3) is 0.118. The second kappa shape index (κ2) is 6.46. The van der Waals surface area contributed by atoms with Crippen LogP contribution in [-0.4, -0.2) is 14.3 Å². The molecule has 124 valence electrons. The van der Waals surface area contributed by atoms with Gasteiger partial charge >= 0.3 is 0 Å². The Hall–Kier alpha value is -2.64. The van der Waals surface area contributed by atoms with Crippen molar-refractivity contribution < 1.29 is 17.6 Å². The van der Waals surface area contributed by atoms with Crippen LogP contribution < -0.4 is 10.0 Å². The minimum atomic E-state index is -3.73. The molecule has 0 aliphatic carbocycles. The Bertz CT molecular complexity index is 979. The van der Waals surface area contributed by atoms with Gasteiger partial charge in [0.2, 0.25) is 15.9 Å². The van der Waals surface area contributed by atoms with Gasteiger partial charge in [0.25, 0.3) is 0 Å². The lowest BCUT2D eigenvalue weighted by Crippen LogP contribution is -2.23. The van der Waals surface area contributed by atoms with Crippen LogP contribution in [0.15, 0.2) is 64.1 Å². The number of furan rings is 1. The molecule has 1 aromatic heterocycles. The lowest BCUT2D eigenvalue weighted by Gasteiger charge is -2.12. The summed E-state index contributed by atoms with van der Waals surface area (Å²) in [5.74, 6) is 0.310. The van der Waals surface area contributed by atoms with Crippen molar-refractivity contribution in [1.82, 2.24) is 4.72 Å². The first-order chi connectivity index (χ1) is 11.5. The molecule has 0 bridgehead atoms. The summed E-state index contributed by atoms with van der Waals surface area (Å²) in [6, 6.07) is 13.5. The highest BCUT2D eigenvalue weighted by atomic mass is 32.2. The van der Waals surface area contributed by atoms with E-state index < -0.39 is 10.0 Å². The van der Waals surface area contributed by atoms with Crippen LogP contribution in [0.2, 0.25) is 0 Å². The van der Waals surface area contributed by atoms with Crippen molar-refractivity contribution in [1.29, 1.82) is 0 Å². The number of carbonyl (C=O) groups is 1. The average molecular weight is 344 g/mol. The third kappa shape index (κ3) is 3.32. The SMILES string of the molecule is CC(=O)Nc1ccc(S(=O)(=O)NCc2ccco2)c2ccccc12. The number of hydrogen-bond acceptors (Lipinski definition) is 4. The summed E-state index contributed by atoms with van der Waals surface area (Å²) >= 11 is 0. The van der Waals surface area contributed by atoms with Crippen LogP contribution >= 0.6 is 0 Å². The van der Waals surface area contributed by atoms with E-state index in [4.69, 9.17) is 4.42 Å². The summed E-state index contributed by atoms with van der Waals surface area (Å²) in [5, 5.41) is 3.91. The van der Waals surface area contributed by atoms with E-state index in [-0.39, 0.29) is 17.3 Å². The molecule has 0 aliphatic heterocycles. The molecule has 2 aromatic carbocycles. The normalized spacial score (nSPS) is 11.5. The summed E-state index contributed by atoms with van der Waals surface area (Å²) in [6.45, 7) is 1.47. The number of nitrogens with one attached hydrogen (secondary N) is 2. The number of hydrogen-bond donors (Lipinski definition) is 2. The second-order valence-corrected chi connectivity index (χ2v) is 6.98. The Morgan fingerprint density at radius 1 is 1.04 bits per heavy atom. The third-order valence-electron chi connectivity index (χ3n) is 3.50. The molecule has 1 heterocycles. The van der Waals surface area contributed by atoms with Crippen molar-refractivity contribution in [3.05, 3.63) is 60.6 Å². The molecule has 0 atom stereocenters. The maximum absolute atomic E-state index is 12.6. The zero-order chi connectivity index (χ0) is 17.2. The zero-order valence-corrected chi connectivity index (χ0v) is 13.8. The standard InChI is InChI=1S/C17H16N2O4S/c1-12(20)19-16-8-9-17(15-7-3-2-6-14(15)16)24(21,22)18-11-13-5-4-10-23-13/h2-10,18H,11H2,1H3,(H,19,20). The smallest absolute Gasteiger partial charge is 0.241 e. The van der Waals surface area contributed by atoms with Crippen LogP contribution in [0.25, 0.3) is 10.8 Å². The number of benzene rings is 2. The Labute approximate surface area is 139 Å². The Morgan fingerprint density at radius 2 is 1.79 bits per heavy atom. The van der Waals surface area contributed by atoms with E-state index in [0.717, 1.165) is 0 Å². The average Bonchev–Trinajstić information content (AvgIpc) is 3.06. The van der Waals surface area contributed by atoms with Crippen molar-refractivity contribution in [3.63, 3.8) is 0 Å². The first-order valence-corrected chi connectivity index (χ1v) is 8.77. The Kier molecular flexibility index (Phi) is 4.37. The predicted octanol–water partition coefficient (Wildman–Crippen LogP) is 2.87. The quantitative estimate of drug-likeness (QED) is 0.745. The molecule has 7 heteroatoms. The van der Waals surface area contributed by atoms with E-state index >= 15 is 0 Å². The summed E-state index contributed by atoms with van der Waals surface area (Å²) in [4.78, 5) is 11.5. The van der Waals surface area contributed by atoms with E-state index in [9.17, 15) is 13.2 Å². The first-order valence-electron chi connectivity index (χ1n) is 7.29. The maximum Gasteiger partial charge on any atom is 0.241 e. The lowest BCUT2D eigenvalue weighted by atomic mass is 10.1. The van der Waals surface area contributed by atoms with Gasteiger partial charge in [-0.15, -0.1) is 0 Å². The summed E-state index contributed by atoms with van der Waals surface area (Å²) in [5.41, 5.74) is 0.572. The fourth-order valence-corrected chi connectivity index (χ4v) is 3.66. The highest BCUT2D eigenvalue weighted by Crippen LogP contribution is 2.29. The van der Waals surface area contributed by atoms with Gasteiger partial charge in [-0.05, 0) is 24.3 Å². The van der Waals surface area contributed by atoms with E-state index in [1.165, 1.54) is 19.3 Å². The molecule has 24 heavy (non-hydrogen) atoms. The number of amides is 1. The summed E-state index contributed by atoms with van der Waals surface area (Å²) in [6.07, 6.45) is 1.49. The van der Waals surface area contributed by atoms with Crippen molar-refractivity contribution in [2.45, 2.75) is 18.4 Å². The fourth-order valence-electron chi connectivity index (χ4n) is 2.46. The molecule has 0 spiro atoms. The van der Waals surface area contributed by atoms with E-state index in [2.05, 4.69) is 10.0 Å². The summed E-state index contributed by atoms with van der Waals surface area (Å²) < 4.78 is 32.9. The van der Waals surface area contributed by atoms with Gasteiger partial charge in [0, 0.05) is 23.4 Å². The molecule has 0 radical (unpaired) electrons. The second-order valence-electron chi connectivity index (χ2n) is 5.24. The molecule has 6 nitrogen and oxygen atoms in total. The first kappa shape index (κ1) is 16.2. The Morgan fingerprint density at radius 3 is 2.46 bits per heavy atom. The largest absolute Gasteiger partial charge is 0.468 e. The molecule has 3 rings (SSSR count). The Balaban J connectivity index is 2.01. The van der Waals surface area contributed by atoms with Gasteiger partial charge in [-0.3, -0.25) is 4.79 Å². The minimum Gasteiger partial charge on any atom is -0.468 e. The lowest BCUT2D eigenvalue weighted by molar-refractivity contribution is -0.114. The molecule has 0 unspecified atom stereocenters. The topological polar surface area (TPSA) is 88.4 Å². The molecular weight excluding hydrogens is 328 g/mol. The van der Waals surface area contributed by atoms with Crippen molar-refractivity contribution in [2.75, 3.05) is 5.32 Å². The van der Waals surface area contributed by atoms with Crippen molar-refractivity contribution >= 4 is 32.4 Å². The van der Waals surface area contributed by atoms with Crippen LogP contribution in [0.5, 0.6) is 0 Å². The van der Waals surface area contributed by atoms with Gasteiger partial charge in [-0.2, -0.15) is 0 Å². The summed E-state index contributed by atoms with van der Waals surface area (Å²) in [7, 11) is -3.73. The van der Waals surface area contributed by atoms with Gasteiger partial charge in [-0.1, -0.05) is 24.3 Å². The highest BCUT2D eigenvalue weighted by Gasteiger charge is 2.19. The molecule has 2 N–H and O–H groups in total. The van der Waals surface area contributed by atoms with Gasteiger partial charge in [0.1, 0.15) is 5.76 Å². The van der Waals surface area contributed by atoms with E-state index in [1.807, 2.05) is 0 Å². The molecule has 0 saturated heterocycles. The third-order valence-corrected chi connectivity index (χ3v) is 4.96. The van der Waals surface area contributed by atoms with Crippen LogP contribution in [0, 0.1) is 0 Å². The van der Waals surface area contributed by atoms with Crippen LogP contribution in [0.4, 0.5) is 5.69 Å². The number of sulfonamides is 1. The number of anilines is 1. The van der Waals surface area contributed by atoms with Crippen molar-refractivity contribution in [2.24, 2.45) is 0 Å². The monoisotopic (exact) mass is 344 g/mol. The van der Waals surface area contributed by atoms with Crippen molar-refractivity contribution in [3.8, 4) is 0 Å². The van der Waals surface area contributed by atoms with Gasteiger partial charge in [0.15, 0.2) is 0 Å². The minimum absolute atomic E-state index is 0.0666. The molecule has 1 amide bonds.